The summed E-state index contributed by atoms with van der Waals surface area (Å²) in [5.41, 5.74) is 0. The van der Waals surface area contributed by atoms with Gasteiger partial charge in [0, 0.05) is 12.6 Å². The van der Waals surface area contributed by atoms with Gasteiger partial charge in [-0.15, -0.1) is 0 Å². The van der Waals surface area contributed by atoms with Crippen molar-refractivity contribution < 1.29 is 5.11 Å². The first-order chi connectivity index (χ1) is 4.54. The molecule has 0 aromatic carbocycles. The molecule has 0 aromatic rings. The molecule has 0 saturated carbocycles. The zero-order valence-corrected chi connectivity index (χ0v) is 7.26. The van der Waals surface area contributed by atoms with Crippen LogP contribution in [0.2, 0.25) is 0 Å². The van der Waals surface area contributed by atoms with E-state index in [1.807, 2.05) is 14.1 Å². The number of nitrogens with one attached hydrogen (secondary N) is 1. The predicted molar refractivity (Wildman–Crippen MR) is 42.8 cm³/mol. The molecule has 0 radical (unpaired) electrons. The lowest BCUT2D eigenvalue weighted by Gasteiger charge is -2.20. The molecule has 0 aliphatic carbocycles. The van der Waals surface area contributed by atoms with Gasteiger partial charge in [0.05, 0.1) is 0 Å². The van der Waals surface area contributed by atoms with Crippen LogP contribution in [0.1, 0.15) is 13.8 Å². The lowest BCUT2D eigenvalue weighted by molar-refractivity contribution is 0.144. The second-order valence-corrected chi connectivity index (χ2v) is 2.90. The molecule has 0 spiro atoms. The van der Waals surface area contributed by atoms with E-state index in [0.29, 0.717) is 6.04 Å². The summed E-state index contributed by atoms with van der Waals surface area (Å²) < 4.78 is 0. The lowest BCUT2D eigenvalue weighted by atomic mass is 10.3. The molecule has 3 heteroatoms. The number of nitrogens with zero attached hydrogens (tertiary/aromatic N) is 1. The molecule has 0 rings (SSSR count). The maximum Gasteiger partial charge on any atom is 0.102 e. The Morgan fingerprint density at radius 3 is 2.20 bits per heavy atom. The van der Waals surface area contributed by atoms with Gasteiger partial charge in [0.2, 0.25) is 0 Å². The van der Waals surface area contributed by atoms with Crippen molar-refractivity contribution in [1.29, 1.82) is 0 Å². The third-order valence-corrected chi connectivity index (χ3v) is 1.59. The minimum Gasteiger partial charge on any atom is -0.379 e. The Labute approximate surface area is 63.0 Å². The van der Waals surface area contributed by atoms with Crippen molar-refractivity contribution in [1.82, 2.24) is 10.2 Å². The summed E-state index contributed by atoms with van der Waals surface area (Å²) in [5, 5.41) is 11.8. The fourth-order valence-corrected chi connectivity index (χ4v) is 0.524. The van der Waals surface area contributed by atoms with Crippen LogP contribution < -0.4 is 5.32 Å². The van der Waals surface area contributed by atoms with Crippen LogP contribution in [0.4, 0.5) is 0 Å². The first-order valence-corrected chi connectivity index (χ1v) is 3.62. The van der Waals surface area contributed by atoms with E-state index in [-0.39, 0.29) is 0 Å². The summed E-state index contributed by atoms with van der Waals surface area (Å²) in [5.74, 6) is 0. The molecule has 0 aromatic heterocycles. The second-order valence-electron chi connectivity index (χ2n) is 2.90. The molecule has 0 fully saturated rings. The fraction of sp³-hybridized carbons (Fsp3) is 1.00. The molecular formula is C7H18N2O. The number of rotatable bonds is 4. The number of hydrogen-bond donors (Lipinski definition) is 2. The predicted octanol–water partition coefficient (Wildman–Crippen LogP) is -0.136. The van der Waals surface area contributed by atoms with Crippen molar-refractivity contribution in [3.63, 3.8) is 0 Å². The topological polar surface area (TPSA) is 35.5 Å². The number of aliphatic hydroxyl groups excluding tert-OH is 1. The van der Waals surface area contributed by atoms with Gasteiger partial charge >= 0.3 is 0 Å². The van der Waals surface area contributed by atoms with Crippen LogP contribution in [0.15, 0.2) is 0 Å². The Morgan fingerprint density at radius 1 is 1.40 bits per heavy atom. The second kappa shape index (κ2) is 4.66. The van der Waals surface area contributed by atoms with Crippen LogP contribution in [0.3, 0.4) is 0 Å². The van der Waals surface area contributed by atoms with Gasteiger partial charge in [-0.3, -0.25) is 5.32 Å². The van der Waals surface area contributed by atoms with Gasteiger partial charge < -0.3 is 10.0 Å². The van der Waals surface area contributed by atoms with E-state index in [1.54, 1.807) is 6.92 Å². The van der Waals surface area contributed by atoms with Crippen LogP contribution in [0.25, 0.3) is 0 Å². The maximum atomic E-state index is 8.85. The first-order valence-electron chi connectivity index (χ1n) is 3.62. The molecule has 0 bridgehead atoms. The van der Waals surface area contributed by atoms with Crippen molar-refractivity contribution in [2.75, 3.05) is 20.6 Å². The van der Waals surface area contributed by atoms with Crippen LogP contribution in [-0.2, 0) is 0 Å². The summed E-state index contributed by atoms with van der Waals surface area (Å²) in [6.07, 6.45) is -0.401. The number of hydrogen-bond acceptors (Lipinski definition) is 3. The van der Waals surface area contributed by atoms with Gasteiger partial charge in [0.1, 0.15) is 6.23 Å². The summed E-state index contributed by atoms with van der Waals surface area (Å²) in [6, 6.07) is 0.467. The zero-order chi connectivity index (χ0) is 8.15. The lowest BCUT2D eigenvalue weighted by Crippen LogP contribution is -2.39. The van der Waals surface area contributed by atoms with E-state index < -0.39 is 6.23 Å². The molecule has 2 N–H and O–H groups in total. The Bertz CT molecular complexity index is 83.7. The Kier molecular flexibility index (Phi) is 4.60. The highest BCUT2D eigenvalue weighted by molar-refractivity contribution is 4.62. The Hall–Kier alpha value is -0.120. The van der Waals surface area contributed by atoms with Crippen molar-refractivity contribution in [3.8, 4) is 0 Å². The molecule has 0 aliphatic rings. The normalized spacial score (nSPS) is 17.4. The number of likely N-dealkylation sites (N-methyl/N-ethyl adjacent to an activating group) is 1. The SMILES string of the molecule is CC(O)NCC(C)N(C)C. The largest absolute Gasteiger partial charge is 0.379 e. The Balaban J connectivity index is 3.30. The monoisotopic (exact) mass is 146 g/mol. The van der Waals surface area contributed by atoms with Crippen molar-refractivity contribution >= 4 is 0 Å². The van der Waals surface area contributed by atoms with Crippen LogP contribution in [-0.4, -0.2) is 42.9 Å². The molecule has 0 saturated heterocycles. The summed E-state index contributed by atoms with van der Waals surface area (Å²) in [7, 11) is 4.04. The summed E-state index contributed by atoms with van der Waals surface area (Å²) in [4.78, 5) is 2.11. The fourth-order valence-electron chi connectivity index (χ4n) is 0.524. The van der Waals surface area contributed by atoms with Gasteiger partial charge in [0.15, 0.2) is 0 Å². The zero-order valence-electron chi connectivity index (χ0n) is 7.26. The molecular weight excluding hydrogens is 128 g/mol. The quantitative estimate of drug-likeness (QED) is 0.542. The van der Waals surface area contributed by atoms with E-state index in [4.69, 9.17) is 5.11 Å². The van der Waals surface area contributed by atoms with E-state index in [2.05, 4.69) is 17.1 Å². The van der Waals surface area contributed by atoms with Gasteiger partial charge in [-0.2, -0.15) is 0 Å². The third-order valence-electron chi connectivity index (χ3n) is 1.59. The van der Waals surface area contributed by atoms with E-state index in [1.165, 1.54) is 0 Å². The van der Waals surface area contributed by atoms with E-state index in [0.717, 1.165) is 6.54 Å². The molecule has 2 unspecified atom stereocenters. The van der Waals surface area contributed by atoms with Crippen molar-refractivity contribution in [2.45, 2.75) is 26.1 Å². The van der Waals surface area contributed by atoms with Crippen molar-refractivity contribution in [2.24, 2.45) is 0 Å². The minimum atomic E-state index is -0.401. The number of aliphatic hydroxyl groups is 1. The minimum absolute atomic E-state index is 0.401. The van der Waals surface area contributed by atoms with Crippen LogP contribution in [0.5, 0.6) is 0 Å². The highest BCUT2D eigenvalue weighted by Crippen LogP contribution is 1.88. The van der Waals surface area contributed by atoms with E-state index >= 15 is 0 Å². The molecule has 0 amide bonds. The molecule has 3 nitrogen and oxygen atoms in total. The smallest absolute Gasteiger partial charge is 0.102 e. The summed E-state index contributed by atoms with van der Waals surface area (Å²) >= 11 is 0. The standard InChI is InChI=1S/C7H18N2O/c1-6(9(3)4)5-8-7(2)10/h6-8,10H,5H2,1-4H3. The molecule has 62 valence electrons. The molecule has 0 aliphatic heterocycles. The van der Waals surface area contributed by atoms with Crippen LogP contribution in [0, 0.1) is 0 Å². The van der Waals surface area contributed by atoms with Gasteiger partial charge in [-0.05, 0) is 27.9 Å². The van der Waals surface area contributed by atoms with Crippen LogP contribution >= 0.6 is 0 Å². The van der Waals surface area contributed by atoms with Crippen molar-refractivity contribution in [3.05, 3.63) is 0 Å². The first kappa shape index (κ1) is 9.88. The van der Waals surface area contributed by atoms with E-state index in [9.17, 15) is 0 Å². The molecule has 2 atom stereocenters. The molecule has 10 heavy (non-hydrogen) atoms. The average molecular weight is 146 g/mol. The molecule has 0 heterocycles. The van der Waals surface area contributed by atoms with Gasteiger partial charge in [0.25, 0.3) is 0 Å². The average Bonchev–Trinajstić information content (AvgIpc) is 1.82. The van der Waals surface area contributed by atoms with Gasteiger partial charge in [-0.25, -0.2) is 0 Å². The highest BCUT2D eigenvalue weighted by Gasteiger charge is 2.03. The Morgan fingerprint density at radius 2 is 1.90 bits per heavy atom. The third kappa shape index (κ3) is 4.73. The van der Waals surface area contributed by atoms with Gasteiger partial charge in [-0.1, -0.05) is 0 Å². The highest BCUT2D eigenvalue weighted by atomic mass is 16.3. The summed E-state index contributed by atoms with van der Waals surface area (Å²) in [6.45, 7) is 4.66. The maximum absolute atomic E-state index is 8.85.